The highest BCUT2D eigenvalue weighted by atomic mass is 16.6. The first-order valence-corrected chi connectivity index (χ1v) is 10.8. The number of hydrogen-bond donors (Lipinski definition) is 0. The van der Waals surface area contributed by atoms with Crippen LogP contribution in [0.15, 0.2) is 35.5 Å². The number of fused-ring (bicyclic) bond motifs is 5. The smallest absolute Gasteiger partial charge is 0.270 e. The summed E-state index contributed by atoms with van der Waals surface area (Å²) in [5, 5.41) is 16.2. The third-order valence-corrected chi connectivity index (χ3v) is 6.68. The number of carbonyl (C=O) groups is 3. The molecule has 4 atom stereocenters. The number of carbonyl (C=O) groups excluding carboxylic acids is 3. The lowest BCUT2D eigenvalue weighted by molar-refractivity contribution is -0.384. The molecule has 5 rings (SSSR count). The van der Waals surface area contributed by atoms with Gasteiger partial charge in [0.05, 0.1) is 36.2 Å². The number of nitro benzene ring substituents is 1. The van der Waals surface area contributed by atoms with Gasteiger partial charge < -0.3 is 14.4 Å². The number of allylic oxidation sites excluding steroid dienone is 2. The van der Waals surface area contributed by atoms with Gasteiger partial charge in [-0.2, -0.15) is 10.1 Å². The Balaban J connectivity index is 1.34. The average Bonchev–Trinajstić information content (AvgIpc) is 3.51. The molecule has 1 saturated carbocycles. The van der Waals surface area contributed by atoms with E-state index in [2.05, 4.69) is 5.10 Å². The van der Waals surface area contributed by atoms with Crippen LogP contribution in [-0.4, -0.2) is 71.7 Å². The van der Waals surface area contributed by atoms with E-state index in [4.69, 9.17) is 9.47 Å². The molecule has 11 nitrogen and oxygen atoms in total. The first-order valence-electron chi connectivity index (χ1n) is 10.8. The summed E-state index contributed by atoms with van der Waals surface area (Å²) in [5.41, 5.74) is -0.0146. The lowest BCUT2D eigenvalue weighted by atomic mass is 9.85. The van der Waals surface area contributed by atoms with Gasteiger partial charge in [0.1, 0.15) is 5.75 Å². The number of non-ortho nitro benzene ring substituents is 1. The van der Waals surface area contributed by atoms with E-state index in [1.54, 1.807) is 4.90 Å². The third kappa shape index (κ3) is 3.78. The van der Waals surface area contributed by atoms with E-state index in [9.17, 15) is 24.5 Å². The molecule has 1 aromatic rings. The summed E-state index contributed by atoms with van der Waals surface area (Å²) < 4.78 is 10.9. The number of morpholine rings is 1. The van der Waals surface area contributed by atoms with Gasteiger partial charge in [0, 0.05) is 30.8 Å². The Hall–Kier alpha value is -3.60. The van der Waals surface area contributed by atoms with Crippen molar-refractivity contribution in [3.05, 3.63) is 46.0 Å². The Morgan fingerprint density at radius 2 is 1.85 bits per heavy atom. The Bertz CT molecular complexity index is 1050. The predicted molar refractivity (Wildman–Crippen MR) is 113 cm³/mol. The van der Waals surface area contributed by atoms with E-state index in [0.717, 1.165) is 11.4 Å². The van der Waals surface area contributed by atoms with Crippen molar-refractivity contribution in [2.45, 2.75) is 6.42 Å². The van der Waals surface area contributed by atoms with Crippen molar-refractivity contribution in [3.8, 4) is 5.75 Å². The number of rotatable bonds is 6. The van der Waals surface area contributed by atoms with E-state index in [1.807, 2.05) is 12.2 Å². The summed E-state index contributed by atoms with van der Waals surface area (Å²) in [5.74, 6) is -1.43. The first kappa shape index (κ1) is 21.3. The monoisotopic (exact) mass is 454 g/mol. The maximum atomic E-state index is 12.8. The van der Waals surface area contributed by atoms with Gasteiger partial charge in [0.25, 0.3) is 23.4 Å². The molecule has 4 unspecified atom stereocenters. The molecule has 4 aliphatic rings. The molecule has 2 heterocycles. The minimum Gasteiger partial charge on any atom is -0.483 e. The van der Waals surface area contributed by atoms with Gasteiger partial charge in [-0.3, -0.25) is 24.5 Å². The fourth-order valence-electron chi connectivity index (χ4n) is 5.05. The van der Waals surface area contributed by atoms with Crippen LogP contribution in [0.3, 0.4) is 0 Å². The fourth-order valence-corrected chi connectivity index (χ4v) is 5.05. The van der Waals surface area contributed by atoms with Gasteiger partial charge in [0.15, 0.2) is 6.61 Å². The first-order chi connectivity index (χ1) is 15.9. The van der Waals surface area contributed by atoms with Crippen LogP contribution in [0, 0.1) is 33.8 Å². The highest BCUT2D eigenvalue weighted by Gasteiger charge is 2.59. The van der Waals surface area contributed by atoms with Crippen LogP contribution < -0.4 is 4.74 Å². The van der Waals surface area contributed by atoms with Gasteiger partial charge >= 0.3 is 0 Å². The SMILES string of the molecule is O=C(COc1ccc([N+](=O)[O-])cc1C=NN1C(=O)C2C3C=CC(C3)C2C1=O)N1CCOCC1. The summed E-state index contributed by atoms with van der Waals surface area (Å²) >= 11 is 0. The van der Waals surface area contributed by atoms with Gasteiger partial charge in [-0.05, 0) is 24.3 Å². The van der Waals surface area contributed by atoms with Crippen molar-refractivity contribution in [1.82, 2.24) is 9.91 Å². The van der Waals surface area contributed by atoms with E-state index in [-0.39, 0.29) is 53.2 Å². The molecular weight excluding hydrogens is 432 g/mol. The summed E-state index contributed by atoms with van der Waals surface area (Å²) in [6.45, 7) is 1.58. The van der Waals surface area contributed by atoms with Crippen molar-refractivity contribution in [2.75, 3.05) is 32.9 Å². The molecule has 172 valence electrons. The fraction of sp³-hybridized carbons (Fsp3) is 0.455. The summed E-state index contributed by atoms with van der Waals surface area (Å²) in [6, 6.07) is 3.86. The second-order valence-electron chi connectivity index (χ2n) is 8.49. The van der Waals surface area contributed by atoms with Gasteiger partial charge in [0.2, 0.25) is 0 Å². The highest BCUT2D eigenvalue weighted by molar-refractivity contribution is 6.07. The number of nitrogens with zero attached hydrogens (tertiary/aromatic N) is 4. The Kier molecular flexibility index (Phi) is 5.41. The molecule has 11 heteroatoms. The zero-order valence-corrected chi connectivity index (χ0v) is 17.7. The van der Waals surface area contributed by atoms with Gasteiger partial charge in [-0.25, -0.2) is 0 Å². The zero-order valence-electron chi connectivity index (χ0n) is 17.7. The van der Waals surface area contributed by atoms with Crippen molar-refractivity contribution < 1.29 is 28.8 Å². The number of hydrogen-bond acceptors (Lipinski definition) is 8. The number of nitro groups is 1. The van der Waals surface area contributed by atoms with E-state index in [1.165, 1.54) is 24.4 Å². The largest absolute Gasteiger partial charge is 0.483 e. The van der Waals surface area contributed by atoms with Crippen LogP contribution in [0.5, 0.6) is 5.75 Å². The second kappa shape index (κ2) is 8.39. The Morgan fingerprint density at radius 1 is 1.18 bits per heavy atom. The average molecular weight is 454 g/mol. The standard InChI is InChI=1S/C22H22N4O7/c27-18(24-5-7-32-8-6-24)12-33-17-4-3-16(26(30)31)10-15(17)11-23-25-21(28)19-13-1-2-14(9-13)20(19)22(25)29/h1-4,10-11,13-14,19-20H,5-9,12H2. The van der Waals surface area contributed by atoms with Crippen LogP contribution in [-0.2, 0) is 19.1 Å². The Labute approximate surface area is 188 Å². The minimum atomic E-state index is -0.570. The maximum Gasteiger partial charge on any atom is 0.270 e. The van der Waals surface area contributed by atoms with Crippen LogP contribution >= 0.6 is 0 Å². The number of imide groups is 1. The van der Waals surface area contributed by atoms with Crippen LogP contribution in [0.1, 0.15) is 12.0 Å². The summed E-state index contributed by atoms with van der Waals surface area (Å²) in [7, 11) is 0. The Morgan fingerprint density at radius 3 is 2.48 bits per heavy atom. The number of benzene rings is 1. The van der Waals surface area contributed by atoms with Crippen molar-refractivity contribution in [1.29, 1.82) is 0 Å². The lowest BCUT2D eigenvalue weighted by Gasteiger charge is -2.26. The van der Waals surface area contributed by atoms with Crippen molar-refractivity contribution in [2.24, 2.45) is 28.8 Å². The van der Waals surface area contributed by atoms with Crippen LogP contribution in [0.2, 0.25) is 0 Å². The predicted octanol–water partition coefficient (Wildman–Crippen LogP) is 0.973. The molecule has 2 aliphatic heterocycles. The van der Waals surface area contributed by atoms with E-state index < -0.39 is 16.8 Å². The molecule has 33 heavy (non-hydrogen) atoms. The van der Waals surface area contributed by atoms with Crippen molar-refractivity contribution in [3.63, 3.8) is 0 Å². The van der Waals surface area contributed by atoms with Gasteiger partial charge in [-0.1, -0.05) is 12.2 Å². The summed E-state index contributed by atoms with van der Waals surface area (Å²) in [6.07, 6.45) is 5.99. The quantitative estimate of drug-likeness (QED) is 0.206. The normalized spacial score (nSPS) is 28.1. The van der Waals surface area contributed by atoms with Crippen molar-refractivity contribution >= 4 is 29.6 Å². The molecule has 2 saturated heterocycles. The molecule has 2 aliphatic carbocycles. The molecule has 1 aromatic carbocycles. The van der Waals surface area contributed by atoms with Crippen LogP contribution in [0.25, 0.3) is 0 Å². The molecule has 0 N–H and O–H groups in total. The molecule has 0 aromatic heterocycles. The van der Waals surface area contributed by atoms with E-state index in [0.29, 0.717) is 26.3 Å². The molecule has 3 fully saturated rings. The van der Waals surface area contributed by atoms with E-state index >= 15 is 0 Å². The maximum absolute atomic E-state index is 12.8. The molecule has 2 bridgehead atoms. The topological polar surface area (TPSA) is 132 Å². The lowest BCUT2D eigenvalue weighted by Crippen LogP contribution is -2.43. The minimum absolute atomic E-state index is 0.0551. The van der Waals surface area contributed by atoms with Gasteiger partial charge in [-0.15, -0.1) is 0 Å². The number of ether oxygens (including phenoxy) is 2. The molecule has 0 radical (unpaired) electrons. The molecular formula is C22H22N4O7. The number of hydrazone groups is 1. The molecule has 0 spiro atoms. The second-order valence-corrected chi connectivity index (χ2v) is 8.49. The number of amides is 3. The third-order valence-electron chi connectivity index (χ3n) is 6.68. The highest BCUT2D eigenvalue weighted by Crippen LogP contribution is 2.52. The zero-order chi connectivity index (χ0) is 23.1. The van der Waals surface area contributed by atoms with Crippen LogP contribution in [0.4, 0.5) is 5.69 Å². The summed E-state index contributed by atoms with van der Waals surface area (Å²) in [4.78, 5) is 50.3. The molecule has 3 amide bonds.